The topological polar surface area (TPSA) is 26.0 Å². The van der Waals surface area contributed by atoms with Crippen LogP contribution in [0.1, 0.15) is 11.5 Å². The standard InChI is InChI=1S/C21H13Cl2NO/c22-17-9-6-14(12-18(17)23)7-11-21-24-19-13-16(8-10-20(19)25-21)15-4-2-1-3-5-15/h1-13H. The summed E-state index contributed by atoms with van der Waals surface area (Å²) in [4.78, 5) is 4.54. The lowest BCUT2D eigenvalue weighted by Gasteiger charge is -1.99. The van der Waals surface area contributed by atoms with E-state index in [0.29, 0.717) is 15.9 Å². The highest BCUT2D eigenvalue weighted by atomic mass is 35.5. The van der Waals surface area contributed by atoms with Crippen molar-refractivity contribution in [3.63, 3.8) is 0 Å². The van der Waals surface area contributed by atoms with E-state index < -0.39 is 0 Å². The molecule has 0 saturated carbocycles. The second-order valence-corrected chi connectivity index (χ2v) is 6.42. The third-order valence-electron chi connectivity index (χ3n) is 3.87. The van der Waals surface area contributed by atoms with Gasteiger partial charge in [0.15, 0.2) is 5.58 Å². The fourth-order valence-electron chi connectivity index (χ4n) is 2.61. The molecular weight excluding hydrogens is 353 g/mol. The van der Waals surface area contributed by atoms with Crippen molar-refractivity contribution in [2.75, 3.05) is 0 Å². The van der Waals surface area contributed by atoms with E-state index in [4.69, 9.17) is 27.6 Å². The molecule has 25 heavy (non-hydrogen) atoms. The zero-order valence-electron chi connectivity index (χ0n) is 13.1. The van der Waals surface area contributed by atoms with Crippen LogP contribution in [0.15, 0.2) is 71.1 Å². The van der Waals surface area contributed by atoms with E-state index in [1.807, 2.05) is 54.6 Å². The minimum Gasteiger partial charge on any atom is -0.437 e. The highest BCUT2D eigenvalue weighted by Crippen LogP contribution is 2.26. The molecule has 0 spiro atoms. The Bertz CT molecular complexity index is 1070. The van der Waals surface area contributed by atoms with Crippen LogP contribution in [0.4, 0.5) is 0 Å². The second-order valence-electron chi connectivity index (χ2n) is 5.61. The number of hydrogen-bond acceptors (Lipinski definition) is 2. The van der Waals surface area contributed by atoms with Gasteiger partial charge < -0.3 is 4.42 Å². The summed E-state index contributed by atoms with van der Waals surface area (Å²) in [6.07, 6.45) is 3.72. The zero-order valence-corrected chi connectivity index (χ0v) is 14.6. The van der Waals surface area contributed by atoms with Gasteiger partial charge in [0.1, 0.15) is 5.52 Å². The first-order valence-electron chi connectivity index (χ1n) is 7.78. The normalized spacial score (nSPS) is 11.4. The van der Waals surface area contributed by atoms with Crippen molar-refractivity contribution < 1.29 is 4.42 Å². The molecule has 0 aliphatic carbocycles. The van der Waals surface area contributed by atoms with Crippen LogP contribution in [0.5, 0.6) is 0 Å². The number of hydrogen-bond donors (Lipinski definition) is 0. The van der Waals surface area contributed by atoms with E-state index >= 15 is 0 Å². The van der Waals surface area contributed by atoms with Gasteiger partial charge in [0, 0.05) is 6.08 Å². The quantitative estimate of drug-likeness (QED) is 0.391. The molecule has 3 aromatic carbocycles. The largest absolute Gasteiger partial charge is 0.437 e. The van der Waals surface area contributed by atoms with Gasteiger partial charge in [-0.2, -0.15) is 0 Å². The maximum absolute atomic E-state index is 6.03. The van der Waals surface area contributed by atoms with E-state index in [0.717, 1.165) is 27.8 Å². The van der Waals surface area contributed by atoms with Gasteiger partial charge in [-0.3, -0.25) is 0 Å². The number of fused-ring (bicyclic) bond motifs is 1. The highest BCUT2D eigenvalue weighted by Gasteiger charge is 2.06. The number of nitrogens with zero attached hydrogens (tertiary/aromatic N) is 1. The van der Waals surface area contributed by atoms with Crippen LogP contribution in [-0.4, -0.2) is 4.98 Å². The van der Waals surface area contributed by atoms with E-state index in [9.17, 15) is 0 Å². The fraction of sp³-hybridized carbons (Fsp3) is 0. The lowest BCUT2D eigenvalue weighted by molar-refractivity contribution is 0.590. The molecule has 0 atom stereocenters. The molecule has 0 fully saturated rings. The van der Waals surface area contributed by atoms with Crippen LogP contribution >= 0.6 is 23.2 Å². The van der Waals surface area contributed by atoms with E-state index in [1.54, 1.807) is 12.1 Å². The summed E-state index contributed by atoms with van der Waals surface area (Å²) in [6, 6.07) is 21.7. The second kappa shape index (κ2) is 6.75. The molecule has 122 valence electrons. The molecule has 1 aromatic heterocycles. The molecule has 0 aliphatic heterocycles. The van der Waals surface area contributed by atoms with Gasteiger partial charge in [0.2, 0.25) is 5.89 Å². The maximum atomic E-state index is 6.03. The molecule has 0 bridgehead atoms. The fourth-order valence-corrected chi connectivity index (χ4v) is 2.92. The van der Waals surface area contributed by atoms with E-state index in [2.05, 4.69) is 17.1 Å². The third-order valence-corrected chi connectivity index (χ3v) is 4.61. The smallest absolute Gasteiger partial charge is 0.220 e. The van der Waals surface area contributed by atoms with E-state index in [-0.39, 0.29) is 0 Å². The predicted octanol–water partition coefficient (Wildman–Crippen LogP) is 6.97. The van der Waals surface area contributed by atoms with Crippen molar-refractivity contribution in [2.45, 2.75) is 0 Å². The maximum Gasteiger partial charge on any atom is 0.220 e. The van der Waals surface area contributed by atoms with Gasteiger partial charge in [-0.25, -0.2) is 4.98 Å². The van der Waals surface area contributed by atoms with Crippen molar-refractivity contribution in [3.05, 3.63) is 88.2 Å². The van der Waals surface area contributed by atoms with Gasteiger partial charge in [-0.05, 0) is 47.0 Å². The van der Waals surface area contributed by atoms with Crippen LogP contribution in [0.3, 0.4) is 0 Å². The molecule has 0 radical (unpaired) electrons. The molecule has 4 heteroatoms. The summed E-state index contributed by atoms with van der Waals surface area (Å²) < 4.78 is 5.78. The van der Waals surface area contributed by atoms with Crippen molar-refractivity contribution in [1.82, 2.24) is 4.98 Å². The summed E-state index contributed by atoms with van der Waals surface area (Å²) in [5, 5.41) is 1.06. The Labute approximate surface area is 155 Å². The zero-order chi connectivity index (χ0) is 17.2. The molecule has 2 nitrogen and oxygen atoms in total. The molecular formula is C21H13Cl2NO. The number of oxazole rings is 1. The molecule has 0 N–H and O–H groups in total. The molecule has 0 aliphatic rings. The monoisotopic (exact) mass is 365 g/mol. The minimum absolute atomic E-state index is 0.522. The summed E-state index contributed by atoms with van der Waals surface area (Å²) in [6.45, 7) is 0. The van der Waals surface area contributed by atoms with Gasteiger partial charge in [0.05, 0.1) is 10.0 Å². The molecule has 4 aromatic rings. The van der Waals surface area contributed by atoms with Gasteiger partial charge >= 0.3 is 0 Å². The molecule has 0 unspecified atom stereocenters. The first kappa shape index (κ1) is 15.9. The highest BCUT2D eigenvalue weighted by molar-refractivity contribution is 6.42. The Morgan fingerprint density at radius 2 is 1.60 bits per heavy atom. The Balaban J connectivity index is 1.65. The molecule has 0 amide bonds. The first-order valence-corrected chi connectivity index (χ1v) is 8.54. The molecule has 1 heterocycles. The van der Waals surface area contributed by atoms with Crippen LogP contribution in [-0.2, 0) is 0 Å². The number of halogens is 2. The SMILES string of the molecule is Clc1ccc(C=Cc2nc3cc(-c4ccccc4)ccc3o2)cc1Cl. The van der Waals surface area contributed by atoms with Crippen molar-refractivity contribution in [3.8, 4) is 11.1 Å². The number of aromatic nitrogens is 1. The van der Waals surface area contributed by atoms with Crippen molar-refractivity contribution in [2.24, 2.45) is 0 Å². The average molecular weight is 366 g/mol. The minimum atomic E-state index is 0.522. The third kappa shape index (κ3) is 3.46. The van der Waals surface area contributed by atoms with Crippen molar-refractivity contribution in [1.29, 1.82) is 0 Å². The van der Waals surface area contributed by atoms with Gasteiger partial charge in [-0.15, -0.1) is 0 Å². The Hall–Kier alpha value is -2.55. The van der Waals surface area contributed by atoms with Crippen LogP contribution in [0, 0.1) is 0 Å². The average Bonchev–Trinajstić information content (AvgIpc) is 3.05. The lowest BCUT2D eigenvalue weighted by Crippen LogP contribution is -1.77. The van der Waals surface area contributed by atoms with Gasteiger partial charge in [0.25, 0.3) is 0 Å². The summed E-state index contributed by atoms with van der Waals surface area (Å²) in [5.41, 5.74) is 4.78. The van der Waals surface area contributed by atoms with Gasteiger partial charge in [-0.1, -0.05) is 65.7 Å². The predicted molar refractivity (Wildman–Crippen MR) is 105 cm³/mol. The first-order chi connectivity index (χ1) is 12.2. The van der Waals surface area contributed by atoms with Crippen LogP contribution in [0.25, 0.3) is 34.4 Å². The number of rotatable bonds is 3. The van der Waals surface area contributed by atoms with Crippen LogP contribution < -0.4 is 0 Å². The lowest BCUT2D eigenvalue weighted by atomic mass is 10.1. The summed E-state index contributed by atoms with van der Waals surface area (Å²) in [7, 11) is 0. The van der Waals surface area contributed by atoms with Crippen molar-refractivity contribution >= 4 is 46.5 Å². The summed E-state index contributed by atoms with van der Waals surface area (Å²) in [5.74, 6) is 0.547. The molecule has 0 saturated heterocycles. The number of benzene rings is 3. The Kier molecular flexibility index (Phi) is 4.31. The molecule has 4 rings (SSSR count). The summed E-state index contributed by atoms with van der Waals surface area (Å²) >= 11 is 12.0. The van der Waals surface area contributed by atoms with Crippen LogP contribution in [0.2, 0.25) is 10.0 Å². The Morgan fingerprint density at radius 3 is 2.40 bits per heavy atom. The Morgan fingerprint density at radius 1 is 0.760 bits per heavy atom. The van der Waals surface area contributed by atoms with E-state index in [1.165, 1.54) is 0 Å².